The lowest BCUT2D eigenvalue weighted by Crippen LogP contribution is -2.51. The van der Waals surface area contributed by atoms with Gasteiger partial charge in [-0.3, -0.25) is 0 Å². The Labute approximate surface area is 213 Å². The van der Waals surface area contributed by atoms with E-state index < -0.39 is 10.2 Å². The third kappa shape index (κ3) is 4.08. The van der Waals surface area contributed by atoms with Gasteiger partial charge < -0.3 is 4.74 Å². The van der Waals surface area contributed by atoms with Gasteiger partial charge in [0.2, 0.25) is 0 Å². The molecule has 1 aliphatic heterocycles. The Hall–Kier alpha value is -0.430. The number of nitrogens with two attached hydrogens (primary N) is 1. The number of hydrogen-bond donors (Lipinski definition) is 2. The van der Waals surface area contributed by atoms with E-state index in [1.165, 1.54) is 51.4 Å². The van der Waals surface area contributed by atoms with Crippen molar-refractivity contribution in [1.29, 1.82) is 0 Å². The first-order chi connectivity index (χ1) is 16.5. The zero-order valence-corrected chi connectivity index (χ0v) is 23.2. The molecule has 0 radical (unpaired) electrons. The molecule has 11 atom stereocenters. The lowest BCUT2D eigenvalue weighted by molar-refractivity contribution is -0.0762. The van der Waals surface area contributed by atoms with Crippen LogP contribution in [-0.4, -0.2) is 26.2 Å². The molecular formula is C29H48N2O3S. The van der Waals surface area contributed by atoms with Crippen LogP contribution < -0.4 is 9.86 Å². The van der Waals surface area contributed by atoms with E-state index in [-0.39, 0.29) is 11.6 Å². The molecule has 0 unspecified atom stereocenters. The van der Waals surface area contributed by atoms with E-state index in [0.29, 0.717) is 23.4 Å². The molecule has 0 aromatic rings. The third-order valence-corrected chi connectivity index (χ3v) is 13.1. The SMILES string of the molecule is CC1=C2C[C@H]3[C@@H](CC[C@@H]4C[C@@H](NS(N)(=O)=O)CC[C@@]43C)[C@@H]2CC[C@@]2(C1)O[C@@H]1C[C@H](C)CC[C@H]1[C@H]2C. The van der Waals surface area contributed by atoms with Crippen LogP contribution in [0.1, 0.15) is 105 Å². The molecule has 1 spiro atoms. The fourth-order valence-corrected chi connectivity index (χ4v) is 11.2. The van der Waals surface area contributed by atoms with Gasteiger partial charge in [-0.2, -0.15) is 13.1 Å². The lowest BCUT2D eigenvalue weighted by atomic mass is 9.52. The molecule has 5 aliphatic carbocycles. The van der Waals surface area contributed by atoms with Crippen molar-refractivity contribution in [3.05, 3.63) is 11.1 Å². The Kier molecular flexibility index (Phi) is 6.07. The monoisotopic (exact) mass is 504 g/mol. The van der Waals surface area contributed by atoms with Crippen molar-refractivity contribution in [2.24, 2.45) is 52.0 Å². The molecule has 6 heteroatoms. The van der Waals surface area contributed by atoms with Gasteiger partial charge in [0.1, 0.15) is 0 Å². The van der Waals surface area contributed by atoms with Crippen LogP contribution in [-0.2, 0) is 14.9 Å². The number of nitrogens with one attached hydrogen (secondary N) is 1. The normalized spacial score (nSPS) is 52.0. The van der Waals surface area contributed by atoms with Crippen molar-refractivity contribution in [2.75, 3.05) is 0 Å². The van der Waals surface area contributed by atoms with Gasteiger partial charge in [-0.25, -0.2) is 5.14 Å². The molecule has 1 heterocycles. The van der Waals surface area contributed by atoms with Crippen LogP contribution in [0.4, 0.5) is 0 Å². The smallest absolute Gasteiger partial charge is 0.274 e. The van der Waals surface area contributed by atoms with Crippen molar-refractivity contribution in [3.63, 3.8) is 0 Å². The molecule has 5 fully saturated rings. The van der Waals surface area contributed by atoms with E-state index in [1.807, 2.05) is 0 Å². The molecule has 3 N–H and O–H groups in total. The minimum atomic E-state index is -3.62. The van der Waals surface area contributed by atoms with Crippen molar-refractivity contribution >= 4 is 10.2 Å². The summed E-state index contributed by atoms with van der Waals surface area (Å²) < 4.78 is 33.1. The Morgan fingerprint density at radius 1 is 1.00 bits per heavy atom. The average molecular weight is 505 g/mol. The molecule has 0 aromatic carbocycles. The van der Waals surface area contributed by atoms with E-state index in [0.717, 1.165) is 55.3 Å². The second kappa shape index (κ2) is 8.54. The summed E-state index contributed by atoms with van der Waals surface area (Å²) >= 11 is 0. The van der Waals surface area contributed by atoms with Crippen molar-refractivity contribution < 1.29 is 13.2 Å². The van der Waals surface area contributed by atoms with E-state index in [4.69, 9.17) is 9.88 Å². The number of rotatable bonds is 2. The summed E-state index contributed by atoms with van der Waals surface area (Å²) in [4.78, 5) is 0. The maximum atomic E-state index is 11.6. The van der Waals surface area contributed by atoms with E-state index in [2.05, 4.69) is 32.4 Å². The highest BCUT2D eigenvalue weighted by Gasteiger charge is 2.59. The van der Waals surface area contributed by atoms with E-state index in [9.17, 15) is 8.42 Å². The summed E-state index contributed by atoms with van der Waals surface area (Å²) in [5.74, 6) is 5.17. The van der Waals surface area contributed by atoms with Crippen LogP contribution in [0.25, 0.3) is 0 Å². The molecule has 35 heavy (non-hydrogen) atoms. The van der Waals surface area contributed by atoms with Gasteiger partial charge in [-0.15, -0.1) is 0 Å². The van der Waals surface area contributed by atoms with Gasteiger partial charge in [-0.1, -0.05) is 38.3 Å². The molecule has 0 amide bonds. The van der Waals surface area contributed by atoms with E-state index in [1.54, 1.807) is 11.1 Å². The highest BCUT2D eigenvalue weighted by atomic mass is 32.2. The highest BCUT2D eigenvalue weighted by molar-refractivity contribution is 7.87. The third-order valence-electron chi connectivity index (χ3n) is 12.4. The largest absolute Gasteiger partial charge is 0.371 e. The molecule has 4 saturated carbocycles. The van der Waals surface area contributed by atoms with Crippen LogP contribution >= 0.6 is 0 Å². The second-order valence-corrected chi connectivity index (χ2v) is 15.4. The summed E-state index contributed by atoms with van der Waals surface area (Å²) in [5, 5.41) is 5.31. The second-order valence-electron chi connectivity index (χ2n) is 14.1. The number of fused-ring (bicyclic) bond motifs is 6. The summed E-state index contributed by atoms with van der Waals surface area (Å²) in [6.07, 6.45) is 15.0. The average Bonchev–Trinajstić information content (AvgIpc) is 3.23. The fraction of sp³-hybridized carbons (Fsp3) is 0.931. The fourth-order valence-electron chi connectivity index (χ4n) is 10.6. The quantitative estimate of drug-likeness (QED) is 0.473. The van der Waals surface area contributed by atoms with Crippen LogP contribution in [0.2, 0.25) is 0 Å². The maximum Gasteiger partial charge on any atom is 0.274 e. The van der Waals surface area contributed by atoms with Gasteiger partial charge in [0.15, 0.2) is 0 Å². The van der Waals surface area contributed by atoms with Crippen LogP contribution in [0, 0.1) is 46.8 Å². The molecule has 5 nitrogen and oxygen atoms in total. The molecule has 0 aromatic heterocycles. The van der Waals surface area contributed by atoms with Crippen molar-refractivity contribution in [3.8, 4) is 0 Å². The van der Waals surface area contributed by atoms with Crippen LogP contribution in [0.3, 0.4) is 0 Å². The molecule has 198 valence electrons. The number of ether oxygens (including phenoxy) is 1. The Bertz CT molecular complexity index is 994. The predicted molar refractivity (Wildman–Crippen MR) is 140 cm³/mol. The molecule has 6 rings (SSSR count). The summed E-state index contributed by atoms with van der Waals surface area (Å²) in [7, 11) is -3.62. The van der Waals surface area contributed by atoms with Crippen LogP contribution in [0.15, 0.2) is 11.1 Å². The zero-order valence-electron chi connectivity index (χ0n) is 22.4. The standard InChI is InChI=1S/C29H48N2O3S/c1-17-5-7-22-19(3)29(34-27(22)13-17)12-10-23-24-8-6-20-14-21(31-35(30,32)33)9-11-28(20,4)26(24)15-25(23)18(2)16-29/h17,19-24,26-27,31H,5-16H2,1-4H3,(H2,30,32,33)/t17-,19-,20-,21+,22+,23+,24+,26+,27-,28+,29+/m1/s1. The van der Waals surface area contributed by atoms with Gasteiger partial charge in [0, 0.05) is 6.04 Å². The highest BCUT2D eigenvalue weighted by Crippen LogP contribution is 2.65. The number of hydrogen-bond acceptors (Lipinski definition) is 3. The Balaban J connectivity index is 1.22. The van der Waals surface area contributed by atoms with Crippen molar-refractivity contribution in [1.82, 2.24) is 4.72 Å². The van der Waals surface area contributed by atoms with E-state index >= 15 is 0 Å². The van der Waals surface area contributed by atoms with Crippen molar-refractivity contribution in [2.45, 2.75) is 122 Å². The Morgan fingerprint density at radius 2 is 1.77 bits per heavy atom. The molecule has 6 aliphatic rings. The molecular weight excluding hydrogens is 456 g/mol. The predicted octanol–water partition coefficient (Wildman–Crippen LogP) is 5.71. The first-order valence-electron chi connectivity index (χ1n) is 14.7. The lowest BCUT2D eigenvalue weighted by Gasteiger charge is -2.54. The molecule has 1 saturated heterocycles. The first-order valence-corrected chi connectivity index (χ1v) is 16.2. The summed E-state index contributed by atoms with van der Waals surface area (Å²) in [6.45, 7) is 9.91. The van der Waals surface area contributed by atoms with Gasteiger partial charge in [0.05, 0.1) is 11.7 Å². The summed E-state index contributed by atoms with van der Waals surface area (Å²) in [5.41, 5.74) is 3.86. The van der Waals surface area contributed by atoms with Crippen LogP contribution in [0.5, 0.6) is 0 Å². The molecule has 0 bridgehead atoms. The minimum Gasteiger partial charge on any atom is -0.371 e. The van der Waals surface area contributed by atoms with Gasteiger partial charge in [-0.05, 0) is 124 Å². The first kappa shape index (κ1) is 24.9. The zero-order chi connectivity index (χ0) is 24.8. The van der Waals surface area contributed by atoms with Gasteiger partial charge in [0.25, 0.3) is 10.2 Å². The number of allylic oxidation sites excluding steroid dienone is 1. The van der Waals surface area contributed by atoms with Gasteiger partial charge >= 0.3 is 0 Å². The summed E-state index contributed by atoms with van der Waals surface area (Å²) in [6, 6.07) is 0.0135. The Morgan fingerprint density at radius 3 is 2.54 bits per heavy atom. The minimum absolute atomic E-state index is 0.0135. The maximum absolute atomic E-state index is 11.6. The topological polar surface area (TPSA) is 81.4 Å².